The second kappa shape index (κ2) is 16.5. The molecule has 0 amide bonds. The first kappa shape index (κ1) is 24.1. The van der Waals surface area contributed by atoms with Gasteiger partial charge in [0.15, 0.2) is 0 Å². The van der Waals surface area contributed by atoms with E-state index in [0.717, 1.165) is 19.3 Å². The van der Waals surface area contributed by atoms with Gasteiger partial charge in [-0.05, 0) is 6.42 Å². The molecule has 0 unspecified atom stereocenters. The molecular formula is C20H39NO4. The van der Waals surface area contributed by atoms with Crippen molar-refractivity contribution in [3.63, 3.8) is 0 Å². The Balaban J connectivity index is 3.35. The van der Waals surface area contributed by atoms with Crippen molar-refractivity contribution in [2.75, 3.05) is 0 Å². The fraction of sp³-hybridized carbons (Fsp3) is 0.900. The molecule has 0 aliphatic rings. The Hall–Kier alpha value is -0.940. The van der Waals surface area contributed by atoms with Gasteiger partial charge in [0.2, 0.25) is 0 Å². The number of carbonyl (C=O) groups excluding carboxylic acids is 1. The summed E-state index contributed by atoms with van der Waals surface area (Å²) in [6.45, 7) is 2.24. The molecule has 5 nitrogen and oxygen atoms in total. The summed E-state index contributed by atoms with van der Waals surface area (Å²) in [5.41, 5.74) is 5.28. The Bertz CT molecular complexity index is 347. The van der Waals surface area contributed by atoms with Crippen molar-refractivity contribution >= 4 is 11.8 Å². The fourth-order valence-corrected chi connectivity index (χ4v) is 2.97. The van der Waals surface area contributed by atoms with Crippen LogP contribution < -0.4 is 5.73 Å². The normalized spacial score (nSPS) is 13.6. The summed E-state index contributed by atoms with van der Waals surface area (Å²) in [5, 5.41) is 18.2. The van der Waals surface area contributed by atoms with Crippen molar-refractivity contribution in [2.45, 2.75) is 115 Å². The first-order chi connectivity index (χ1) is 12.0. The van der Waals surface area contributed by atoms with E-state index in [4.69, 9.17) is 10.8 Å². The smallest absolute Gasteiger partial charge is 0.323 e. The molecule has 2 atom stereocenters. The van der Waals surface area contributed by atoms with Crippen molar-refractivity contribution < 1.29 is 19.8 Å². The van der Waals surface area contributed by atoms with Gasteiger partial charge in [0.1, 0.15) is 11.8 Å². The average molecular weight is 358 g/mol. The van der Waals surface area contributed by atoms with Crippen LogP contribution in [0.2, 0.25) is 0 Å². The molecule has 0 aliphatic carbocycles. The van der Waals surface area contributed by atoms with E-state index in [-0.39, 0.29) is 12.2 Å². The summed E-state index contributed by atoms with van der Waals surface area (Å²) in [5.74, 6) is -1.38. The van der Waals surface area contributed by atoms with Gasteiger partial charge in [-0.2, -0.15) is 0 Å². The van der Waals surface area contributed by atoms with Crippen LogP contribution in [0, 0.1) is 0 Å². The van der Waals surface area contributed by atoms with Gasteiger partial charge in [0.05, 0.1) is 6.10 Å². The van der Waals surface area contributed by atoms with Crippen LogP contribution >= 0.6 is 0 Å². The molecule has 148 valence electrons. The van der Waals surface area contributed by atoms with Gasteiger partial charge >= 0.3 is 5.97 Å². The molecule has 4 N–H and O–H groups in total. The highest BCUT2D eigenvalue weighted by Gasteiger charge is 2.23. The first-order valence-corrected chi connectivity index (χ1v) is 10.2. The molecule has 0 aromatic heterocycles. The number of aliphatic hydroxyl groups is 1. The number of carboxylic acid groups (broad SMARTS) is 1. The van der Waals surface area contributed by atoms with Gasteiger partial charge < -0.3 is 15.9 Å². The van der Waals surface area contributed by atoms with Crippen LogP contribution in [0.3, 0.4) is 0 Å². The molecule has 0 aliphatic heterocycles. The number of hydrogen-bond acceptors (Lipinski definition) is 4. The molecule has 0 saturated heterocycles. The molecular weight excluding hydrogens is 318 g/mol. The van der Waals surface area contributed by atoms with Crippen molar-refractivity contribution in [1.82, 2.24) is 0 Å². The third kappa shape index (κ3) is 15.1. The van der Waals surface area contributed by atoms with E-state index in [9.17, 15) is 14.7 Å². The van der Waals surface area contributed by atoms with Gasteiger partial charge in [0.25, 0.3) is 0 Å². The third-order valence-corrected chi connectivity index (χ3v) is 4.70. The average Bonchev–Trinajstić information content (AvgIpc) is 2.58. The maximum Gasteiger partial charge on any atom is 0.323 e. The Morgan fingerprint density at radius 2 is 1.20 bits per heavy atom. The summed E-state index contributed by atoms with van der Waals surface area (Å²) in [6, 6.07) is -1.38. The first-order valence-electron chi connectivity index (χ1n) is 10.2. The second-order valence-corrected chi connectivity index (χ2v) is 7.17. The van der Waals surface area contributed by atoms with Gasteiger partial charge in [-0.3, -0.25) is 9.59 Å². The molecule has 0 fully saturated rings. The molecule has 0 radical (unpaired) electrons. The van der Waals surface area contributed by atoms with Crippen LogP contribution in [0.15, 0.2) is 0 Å². The minimum atomic E-state index is -1.38. The van der Waals surface area contributed by atoms with Crippen molar-refractivity contribution in [3.05, 3.63) is 0 Å². The van der Waals surface area contributed by atoms with Crippen LogP contribution in [0.4, 0.5) is 0 Å². The Labute approximate surface area is 153 Å². The van der Waals surface area contributed by atoms with E-state index >= 15 is 0 Å². The minimum absolute atomic E-state index is 0.104. The zero-order valence-corrected chi connectivity index (χ0v) is 16.0. The number of nitrogens with two attached hydrogens (primary N) is 1. The van der Waals surface area contributed by atoms with Crippen LogP contribution in [-0.4, -0.2) is 34.1 Å². The molecule has 25 heavy (non-hydrogen) atoms. The molecule has 0 rings (SSSR count). The Morgan fingerprint density at radius 1 is 0.800 bits per heavy atom. The molecule has 0 bridgehead atoms. The van der Waals surface area contributed by atoms with Gasteiger partial charge in [-0.25, -0.2) is 0 Å². The summed E-state index contributed by atoms with van der Waals surface area (Å²) in [7, 11) is 0. The number of rotatable bonds is 18. The summed E-state index contributed by atoms with van der Waals surface area (Å²) >= 11 is 0. The predicted octanol–water partition coefficient (Wildman–Crippen LogP) is 4.20. The monoisotopic (exact) mass is 357 g/mol. The molecule has 0 aromatic carbocycles. The van der Waals surface area contributed by atoms with Gasteiger partial charge in [-0.1, -0.05) is 84.0 Å². The fourth-order valence-electron chi connectivity index (χ4n) is 2.97. The van der Waals surface area contributed by atoms with E-state index in [0.29, 0.717) is 6.42 Å². The topological polar surface area (TPSA) is 101 Å². The zero-order valence-electron chi connectivity index (χ0n) is 16.0. The summed E-state index contributed by atoms with van der Waals surface area (Å²) in [4.78, 5) is 22.3. The number of hydrogen-bond donors (Lipinski definition) is 3. The Kier molecular flexibility index (Phi) is 15.9. The number of carboxylic acids is 1. The lowest BCUT2D eigenvalue weighted by atomic mass is 10.0. The minimum Gasteiger partial charge on any atom is -0.480 e. The van der Waals surface area contributed by atoms with Crippen LogP contribution in [0.5, 0.6) is 0 Å². The van der Waals surface area contributed by atoms with Crippen molar-refractivity contribution in [1.29, 1.82) is 0 Å². The van der Waals surface area contributed by atoms with Gasteiger partial charge in [-0.15, -0.1) is 0 Å². The van der Waals surface area contributed by atoms with Crippen molar-refractivity contribution in [3.8, 4) is 0 Å². The lowest BCUT2D eigenvalue weighted by Gasteiger charge is -2.13. The zero-order chi connectivity index (χ0) is 18.9. The Morgan fingerprint density at radius 3 is 1.60 bits per heavy atom. The lowest BCUT2D eigenvalue weighted by Crippen LogP contribution is -2.42. The number of ketones is 1. The molecule has 5 heteroatoms. The van der Waals surface area contributed by atoms with E-state index in [1.165, 1.54) is 64.2 Å². The highest BCUT2D eigenvalue weighted by atomic mass is 16.4. The van der Waals surface area contributed by atoms with Crippen molar-refractivity contribution in [2.24, 2.45) is 5.73 Å². The van der Waals surface area contributed by atoms with E-state index in [2.05, 4.69) is 6.92 Å². The standard InChI is InChI=1S/C20H39NO4/c1-2-3-4-5-6-7-8-9-10-11-12-13-14-15-17(22)16-18(23)19(21)20(24)25/h18-19,23H,2-16,21H2,1H3,(H,24,25)/t18-,19+/m1/s1. The predicted molar refractivity (Wildman–Crippen MR) is 102 cm³/mol. The molecule has 0 saturated carbocycles. The third-order valence-electron chi connectivity index (χ3n) is 4.70. The maximum absolute atomic E-state index is 11.7. The molecule has 0 heterocycles. The van der Waals surface area contributed by atoms with Crippen LogP contribution in [-0.2, 0) is 9.59 Å². The number of aliphatic hydroxyl groups excluding tert-OH is 1. The van der Waals surface area contributed by atoms with E-state index in [1.54, 1.807) is 0 Å². The lowest BCUT2D eigenvalue weighted by molar-refractivity contribution is -0.141. The number of aliphatic carboxylic acids is 1. The quantitative estimate of drug-likeness (QED) is 0.319. The number of carbonyl (C=O) groups is 2. The van der Waals surface area contributed by atoms with Crippen LogP contribution in [0.25, 0.3) is 0 Å². The summed E-state index contributed by atoms with van der Waals surface area (Å²) in [6.07, 6.45) is 15.2. The molecule has 0 spiro atoms. The van der Waals surface area contributed by atoms with E-state index < -0.39 is 18.1 Å². The number of Topliss-reactive ketones (excluding diaryl/α,β-unsaturated/α-hetero) is 1. The SMILES string of the molecule is CCCCCCCCCCCCCCCC(=O)C[C@@H](O)[C@H](N)C(=O)O. The molecule has 0 aromatic rings. The second-order valence-electron chi connectivity index (χ2n) is 7.17. The van der Waals surface area contributed by atoms with E-state index in [1.807, 2.05) is 0 Å². The maximum atomic E-state index is 11.7. The summed E-state index contributed by atoms with van der Waals surface area (Å²) < 4.78 is 0. The largest absolute Gasteiger partial charge is 0.480 e. The van der Waals surface area contributed by atoms with Crippen LogP contribution in [0.1, 0.15) is 103 Å². The highest BCUT2D eigenvalue weighted by molar-refractivity contribution is 5.81. The van der Waals surface area contributed by atoms with Gasteiger partial charge in [0, 0.05) is 12.8 Å². The highest BCUT2D eigenvalue weighted by Crippen LogP contribution is 2.13. The number of unbranched alkanes of at least 4 members (excludes halogenated alkanes) is 12.